The molecule has 3 N–H and O–H groups in total. The Balaban J connectivity index is 2.67. The van der Waals surface area contributed by atoms with Crippen LogP contribution in [-0.4, -0.2) is 29.0 Å². The number of hydrazine groups is 1. The van der Waals surface area contributed by atoms with Crippen molar-refractivity contribution in [2.24, 2.45) is 5.84 Å². The van der Waals surface area contributed by atoms with E-state index in [2.05, 4.69) is 30.4 Å². The van der Waals surface area contributed by atoms with Crippen LogP contribution in [0.2, 0.25) is 0 Å². The van der Waals surface area contributed by atoms with Gasteiger partial charge in [0.15, 0.2) is 0 Å². The molecule has 17 heavy (non-hydrogen) atoms. The van der Waals surface area contributed by atoms with Gasteiger partial charge in [0.05, 0.1) is 12.3 Å². The van der Waals surface area contributed by atoms with Crippen LogP contribution in [0.25, 0.3) is 0 Å². The van der Waals surface area contributed by atoms with Gasteiger partial charge in [-0.1, -0.05) is 6.92 Å². The molecule has 0 amide bonds. The number of rotatable bonds is 8. The summed E-state index contributed by atoms with van der Waals surface area (Å²) in [6.45, 7) is 8.43. The average Bonchev–Trinajstić information content (AvgIpc) is 2.76. The van der Waals surface area contributed by atoms with Crippen LogP contribution >= 0.6 is 0 Å². The maximum absolute atomic E-state index is 5.53. The van der Waals surface area contributed by atoms with E-state index in [4.69, 9.17) is 10.6 Å². The lowest BCUT2D eigenvalue weighted by Gasteiger charge is -2.15. The van der Waals surface area contributed by atoms with E-state index in [1.54, 1.807) is 0 Å². The van der Waals surface area contributed by atoms with E-state index >= 15 is 0 Å². The summed E-state index contributed by atoms with van der Waals surface area (Å²) in [5.41, 5.74) is 5.15. The summed E-state index contributed by atoms with van der Waals surface area (Å²) in [5, 5.41) is 4.52. The van der Waals surface area contributed by atoms with Crippen LogP contribution in [0.4, 0.5) is 0 Å². The molecule has 1 aromatic rings. The van der Waals surface area contributed by atoms with Crippen molar-refractivity contribution < 1.29 is 4.74 Å². The first kappa shape index (κ1) is 14.2. The van der Waals surface area contributed by atoms with Crippen molar-refractivity contribution >= 4 is 0 Å². The second-order valence-electron chi connectivity index (χ2n) is 4.02. The van der Waals surface area contributed by atoms with Crippen LogP contribution in [0.5, 0.6) is 0 Å². The number of aryl methyl sites for hydroxylation is 2. The monoisotopic (exact) mass is 240 g/mol. The van der Waals surface area contributed by atoms with E-state index in [0.29, 0.717) is 13.2 Å². The zero-order valence-corrected chi connectivity index (χ0v) is 11.1. The number of nitrogens with two attached hydrogens (primary N) is 1. The minimum atomic E-state index is 0.140. The fourth-order valence-corrected chi connectivity index (χ4v) is 1.80. The molecular formula is C12H24N4O. The van der Waals surface area contributed by atoms with Crippen molar-refractivity contribution in [3.05, 3.63) is 17.5 Å². The summed E-state index contributed by atoms with van der Waals surface area (Å²) < 4.78 is 7.43. The molecule has 0 saturated heterocycles. The Morgan fingerprint density at radius 1 is 1.47 bits per heavy atom. The molecule has 1 rings (SSSR count). The van der Waals surface area contributed by atoms with Crippen molar-refractivity contribution in [1.82, 2.24) is 15.2 Å². The fourth-order valence-electron chi connectivity index (χ4n) is 1.80. The molecule has 1 heterocycles. The molecule has 5 nitrogen and oxygen atoms in total. The van der Waals surface area contributed by atoms with Gasteiger partial charge in [-0.05, 0) is 26.3 Å². The van der Waals surface area contributed by atoms with Crippen molar-refractivity contribution in [3.63, 3.8) is 0 Å². The summed E-state index contributed by atoms with van der Waals surface area (Å²) in [5.74, 6) is 5.53. The Hall–Kier alpha value is -0.910. The van der Waals surface area contributed by atoms with Crippen LogP contribution in [0, 0.1) is 0 Å². The molecule has 0 radical (unpaired) electrons. The number of nitrogens with one attached hydrogen (secondary N) is 1. The van der Waals surface area contributed by atoms with Crippen LogP contribution in [-0.2, 0) is 24.1 Å². The highest BCUT2D eigenvalue weighted by Crippen LogP contribution is 2.08. The fraction of sp³-hybridized carbons (Fsp3) is 0.750. The van der Waals surface area contributed by atoms with Crippen molar-refractivity contribution in [2.45, 2.75) is 46.2 Å². The molecule has 0 spiro atoms. The lowest BCUT2D eigenvalue weighted by molar-refractivity contribution is 0.122. The standard InChI is InChI=1S/C12H24N4O/c1-4-10-7-12(16(5-2)15-10)8-11(14-13)9-17-6-3/h7,11,14H,4-6,8-9,13H2,1-3H3. The SMILES string of the molecule is CCOCC(Cc1cc(CC)nn1CC)NN. The van der Waals surface area contributed by atoms with Gasteiger partial charge in [-0.25, -0.2) is 0 Å². The summed E-state index contributed by atoms with van der Waals surface area (Å²) in [7, 11) is 0. The highest BCUT2D eigenvalue weighted by molar-refractivity contribution is 5.11. The molecular weight excluding hydrogens is 216 g/mol. The highest BCUT2D eigenvalue weighted by atomic mass is 16.5. The van der Waals surface area contributed by atoms with Crippen LogP contribution < -0.4 is 11.3 Å². The number of aromatic nitrogens is 2. The molecule has 5 heteroatoms. The van der Waals surface area contributed by atoms with E-state index in [0.717, 1.165) is 25.1 Å². The third-order valence-electron chi connectivity index (χ3n) is 2.79. The number of ether oxygens (including phenoxy) is 1. The third-order valence-corrected chi connectivity index (χ3v) is 2.79. The van der Waals surface area contributed by atoms with Crippen LogP contribution in [0.15, 0.2) is 6.07 Å². The van der Waals surface area contributed by atoms with E-state index < -0.39 is 0 Å². The van der Waals surface area contributed by atoms with Crippen molar-refractivity contribution in [2.75, 3.05) is 13.2 Å². The van der Waals surface area contributed by atoms with E-state index in [9.17, 15) is 0 Å². The Morgan fingerprint density at radius 2 is 2.24 bits per heavy atom. The second kappa shape index (κ2) is 7.42. The normalized spacial score (nSPS) is 12.9. The Bertz CT molecular complexity index is 324. The molecule has 0 aromatic carbocycles. The minimum Gasteiger partial charge on any atom is -0.380 e. The maximum Gasteiger partial charge on any atom is 0.0636 e. The van der Waals surface area contributed by atoms with Gasteiger partial charge in [-0.2, -0.15) is 5.10 Å². The van der Waals surface area contributed by atoms with Crippen molar-refractivity contribution in [1.29, 1.82) is 0 Å². The van der Waals surface area contributed by atoms with Gasteiger partial charge in [0.1, 0.15) is 0 Å². The molecule has 0 aliphatic rings. The minimum absolute atomic E-state index is 0.140. The molecule has 1 atom stereocenters. The topological polar surface area (TPSA) is 65.1 Å². The molecule has 0 fully saturated rings. The molecule has 0 bridgehead atoms. The first-order valence-corrected chi connectivity index (χ1v) is 6.34. The van der Waals surface area contributed by atoms with Gasteiger partial charge < -0.3 is 4.74 Å². The first-order valence-electron chi connectivity index (χ1n) is 6.34. The van der Waals surface area contributed by atoms with Crippen LogP contribution in [0.1, 0.15) is 32.2 Å². The highest BCUT2D eigenvalue weighted by Gasteiger charge is 2.12. The van der Waals surface area contributed by atoms with Gasteiger partial charge in [-0.15, -0.1) is 0 Å². The number of nitrogens with zero attached hydrogens (tertiary/aromatic N) is 2. The summed E-state index contributed by atoms with van der Waals surface area (Å²) in [6.07, 6.45) is 1.81. The Morgan fingerprint density at radius 3 is 2.76 bits per heavy atom. The predicted molar refractivity (Wildman–Crippen MR) is 68.6 cm³/mol. The quantitative estimate of drug-likeness (QED) is 0.523. The second-order valence-corrected chi connectivity index (χ2v) is 4.02. The average molecular weight is 240 g/mol. The predicted octanol–water partition coefficient (Wildman–Crippen LogP) is 0.876. The smallest absolute Gasteiger partial charge is 0.0636 e. The lowest BCUT2D eigenvalue weighted by Crippen LogP contribution is -2.40. The molecule has 0 aliphatic heterocycles. The summed E-state index contributed by atoms with van der Waals surface area (Å²) >= 11 is 0. The van der Waals surface area contributed by atoms with E-state index in [-0.39, 0.29) is 6.04 Å². The van der Waals surface area contributed by atoms with Crippen LogP contribution in [0.3, 0.4) is 0 Å². The Labute approximate surface area is 103 Å². The zero-order valence-electron chi connectivity index (χ0n) is 11.1. The summed E-state index contributed by atoms with van der Waals surface area (Å²) in [6, 6.07) is 2.29. The maximum atomic E-state index is 5.53. The largest absolute Gasteiger partial charge is 0.380 e. The van der Waals surface area contributed by atoms with E-state index in [1.807, 2.05) is 11.6 Å². The lowest BCUT2D eigenvalue weighted by atomic mass is 10.1. The molecule has 98 valence electrons. The molecule has 0 saturated carbocycles. The first-order chi connectivity index (χ1) is 8.24. The molecule has 1 aromatic heterocycles. The molecule has 0 aliphatic carbocycles. The van der Waals surface area contributed by atoms with Gasteiger partial charge in [0, 0.05) is 31.3 Å². The van der Waals surface area contributed by atoms with Gasteiger partial charge in [-0.3, -0.25) is 16.0 Å². The molecule has 1 unspecified atom stereocenters. The zero-order chi connectivity index (χ0) is 12.7. The van der Waals surface area contributed by atoms with Crippen molar-refractivity contribution in [3.8, 4) is 0 Å². The van der Waals surface area contributed by atoms with Gasteiger partial charge in [0.25, 0.3) is 0 Å². The third kappa shape index (κ3) is 4.11. The van der Waals surface area contributed by atoms with Gasteiger partial charge in [0.2, 0.25) is 0 Å². The van der Waals surface area contributed by atoms with Gasteiger partial charge >= 0.3 is 0 Å². The number of hydrogen-bond donors (Lipinski definition) is 2. The number of hydrogen-bond acceptors (Lipinski definition) is 4. The summed E-state index contributed by atoms with van der Waals surface area (Å²) in [4.78, 5) is 0. The Kier molecular flexibility index (Phi) is 6.18. The van der Waals surface area contributed by atoms with E-state index in [1.165, 1.54) is 5.69 Å².